The number of benzene rings is 3. The Morgan fingerprint density at radius 3 is 2.05 bits per heavy atom. The number of amides is 1. The zero-order valence-electron chi connectivity index (χ0n) is 21.8. The van der Waals surface area contributed by atoms with Gasteiger partial charge in [0.1, 0.15) is 6.61 Å². The van der Waals surface area contributed by atoms with Gasteiger partial charge in [-0.25, -0.2) is 9.59 Å². The average Bonchev–Trinajstić information content (AvgIpc) is 3.20. The van der Waals surface area contributed by atoms with Crippen LogP contribution in [0.15, 0.2) is 78.9 Å². The van der Waals surface area contributed by atoms with E-state index in [1.807, 2.05) is 61.5 Å². The minimum absolute atomic E-state index is 0.00971. The molecule has 7 nitrogen and oxygen atoms in total. The van der Waals surface area contributed by atoms with Crippen molar-refractivity contribution in [3.8, 4) is 11.1 Å². The first-order valence-corrected chi connectivity index (χ1v) is 13.4. The number of ether oxygens (including phenoxy) is 2. The van der Waals surface area contributed by atoms with E-state index in [-0.39, 0.29) is 30.4 Å². The Hall–Kier alpha value is -4.13. The second-order valence-corrected chi connectivity index (χ2v) is 11.3. The fourth-order valence-electron chi connectivity index (χ4n) is 6.77. The minimum Gasteiger partial charge on any atom is -0.478 e. The lowest BCUT2D eigenvalue weighted by atomic mass is 9.33. The van der Waals surface area contributed by atoms with E-state index in [4.69, 9.17) is 9.47 Å². The highest BCUT2D eigenvalue weighted by Crippen LogP contribution is 2.75. The SMILES string of the molecule is C[C@@H](NC(=O)OCC1c2ccccc2-c2ccccc21)C12CC(C(=O)OC(Cc3ccccc3)C(=O)O)(C1)C2. The van der Waals surface area contributed by atoms with E-state index in [0.717, 1.165) is 16.7 Å². The first-order valence-electron chi connectivity index (χ1n) is 13.4. The Kier molecular flexibility index (Phi) is 6.17. The van der Waals surface area contributed by atoms with Crippen LogP contribution in [0.4, 0.5) is 4.79 Å². The van der Waals surface area contributed by atoms with Gasteiger partial charge in [0.25, 0.3) is 0 Å². The lowest BCUT2D eigenvalue weighted by Gasteiger charge is -2.70. The molecule has 7 heteroatoms. The molecule has 0 aromatic heterocycles. The summed E-state index contributed by atoms with van der Waals surface area (Å²) in [6.45, 7) is 2.18. The minimum atomic E-state index is -1.22. The van der Waals surface area contributed by atoms with Gasteiger partial charge in [0.05, 0.1) is 5.41 Å². The van der Waals surface area contributed by atoms with Crippen LogP contribution in [0.1, 0.15) is 48.8 Å². The molecular formula is C32H31NO6. The maximum absolute atomic E-state index is 12.9. The lowest BCUT2D eigenvalue weighted by molar-refractivity contribution is -0.239. The predicted octanol–water partition coefficient (Wildman–Crippen LogP) is 5.32. The van der Waals surface area contributed by atoms with Gasteiger partial charge in [-0.3, -0.25) is 4.79 Å². The van der Waals surface area contributed by atoms with Crippen molar-refractivity contribution < 1.29 is 29.0 Å². The van der Waals surface area contributed by atoms with Crippen molar-refractivity contribution in [1.29, 1.82) is 0 Å². The summed E-state index contributed by atoms with van der Waals surface area (Å²) in [5, 5.41) is 12.6. The zero-order valence-corrected chi connectivity index (χ0v) is 21.8. The molecule has 4 aliphatic carbocycles. The average molecular weight is 526 g/mol. The van der Waals surface area contributed by atoms with Crippen LogP contribution in [0.25, 0.3) is 11.1 Å². The third kappa shape index (κ3) is 4.36. The molecule has 0 radical (unpaired) electrons. The van der Waals surface area contributed by atoms with Crippen LogP contribution in [-0.4, -0.2) is 41.9 Å². The first kappa shape index (κ1) is 25.2. The largest absolute Gasteiger partial charge is 0.478 e. The van der Waals surface area contributed by atoms with E-state index in [1.165, 1.54) is 11.1 Å². The highest BCUT2D eigenvalue weighted by Gasteiger charge is 2.74. The number of nitrogens with one attached hydrogen (secondary N) is 1. The fraction of sp³-hybridized carbons (Fsp3) is 0.344. The molecule has 2 N–H and O–H groups in total. The maximum Gasteiger partial charge on any atom is 0.407 e. The summed E-state index contributed by atoms with van der Waals surface area (Å²) in [6.07, 6.45) is 0.146. The maximum atomic E-state index is 12.9. The van der Waals surface area contributed by atoms with Crippen molar-refractivity contribution in [2.45, 2.75) is 50.7 Å². The summed E-state index contributed by atoms with van der Waals surface area (Å²) in [6, 6.07) is 25.4. The third-order valence-corrected chi connectivity index (χ3v) is 8.89. The molecule has 0 spiro atoms. The fourth-order valence-corrected chi connectivity index (χ4v) is 6.77. The van der Waals surface area contributed by atoms with Crippen molar-refractivity contribution in [1.82, 2.24) is 5.32 Å². The lowest BCUT2D eigenvalue weighted by Crippen LogP contribution is -2.72. The number of hydrogen-bond donors (Lipinski definition) is 2. The van der Waals surface area contributed by atoms with Crippen LogP contribution in [0.2, 0.25) is 0 Å². The number of carbonyl (C=O) groups is 3. The number of hydrogen-bond acceptors (Lipinski definition) is 5. The van der Waals surface area contributed by atoms with Crippen molar-refractivity contribution in [2.24, 2.45) is 10.8 Å². The molecule has 39 heavy (non-hydrogen) atoms. The monoisotopic (exact) mass is 525 g/mol. The van der Waals surface area contributed by atoms with Crippen molar-refractivity contribution in [3.63, 3.8) is 0 Å². The zero-order chi connectivity index (χ0) is 27.2. The molecule has 3 fully saturated rings. The summed E-state index contributed by atoms with van der Waals surface area (Å²) in [4.78, 5) is 37.4. The van der Waals surface area contributed by atoms with Crippen LogP contribution < -0.4 is 5.32 Å². The summed E-state index contributed by atoms with van der Waals surface area (Å²) in [5.41, 5.74) is 4.63. The van der Waals surface area contributed by atoms with Gasteiger partial charge in [0.2, 0.25) is 6.10 Å². The summed E-state index contributed by atoms with van der Waals surface area (Å²) in [7, 11) is 0. The van der Waals surface area contributed by atoms with Gasteiger partial charge in [0, 0.05) is 18.4 Å². The molecule has 2 atom stereocenters. The van der Waals surface area contributed by atoms with E-state index in [2.05, 4.69) is 29.6 Å². The molecule has 1 unspecified atom stereocenters. The second-order valence-electron chi connectivity index (χ2n) is 11.3. The van der Waals surface area contributed by atoms with E-state index in [1.54, 1.807) is 0 Å². The Morgan fingerprint density at radius 1 is 0.897 bits per heavy atom. The molecule has 1 amide bonds. The van der Waals surface area contributed by atoms with Gasteiger partial charge < -0.3 is 19.9 Å². The molecule has 4 aliphatic rings. The number of esters is 1. The van der Waals surface area contributed by atoms with E-state index < -0.39 is 29.6 Å². The molecule has 3 aromatic carbocycles. The molecular weight excluding hydrogens is 494 g/mol. The van der Waals surface area contributed by atoms with E-state index in [9.17, 15) is 19.5 Å². The summed E-state index contributed by atoms with van der Waals surface area (Å²) >= 11 is 0. The number of carboxylic acids is 1. The number of alkyl carbamates (subject to hydrolysis) is 1. The van der Waals surface area contributed by atoms with E-state index in [0.29, 0.717) is 19.3 Å². The smallest absolute Gasteiger partial charge is 0.407 e. The Bertz CT molecular complexity index is 1370. The Balaban J connectivity index is 1.01. The summed E-state index contributed by atoms with van der Waals surface area (Å²) in [5.74, 6) is -1.62. The van der Waals surface area contributed by atoms with Crippen LogP contribution in [0.3, 0.4) is 0 Å². The second kappa shape index (κ2) is 9.56. The third-order valence-electron chi connectivity index (χ3n) is 8.89. The van der Waals surface area contributed by atoms with Gasteiger partial charge in [-0.2, -0.15) is 0 Å². The van der Waals surface area contributed by atoms with Crippen molar-refractivity contribution in [3.05, 3.63) is 95.6 Å². The Labute approximate surface area is 227 Å². The first-order chi connectivity index (χ1) is 18.8. The number of fused-ring (bicyclic) bond motifs is 3. The molecule has 0 saturated heterocycles. The van der Waals surface area contributed by atoms with Gasteiger partial charge in [-0.05, 0) is 59.4 Å². The normalized spacial score (nSPS) is 23.7. The molecule has 0 heterocycles. The van der Waals surface area contributed by atoms with Crippen LogP contribution in [0.5, 0.6) is 0 Å². The number of carbonyl (C=O) groups excluding carboxylic acids is 2. The summed E-state index contributed by atoms with van der Waals surface area (Å²) < 4.78 is 11.2. The highest BCUT2D eigenvalue weighted by molar-refractivity contribution is 5.85. The van der Waals surface area contributed by atoms with Gasteiger partial charge in [-0.1, -0.05) is 78.9 Å². The Morgan fingerprint density at radius 2 is 1.46 bits per heavy atom. The number of carboxylic acid groups (broad SMARTS) is 1. The quantitative estimate of drug-likeness (QED) is 0.367. The highest BCUT2D eigenvalue weighted by atomic mass is 16.6. The number of aliphatic carboxylic acids is 1. The molecule has 3 aromatic rings. The molecule has 200 valence electrons. The van der Waals surface area contributed by atoms with Crippen molar-refractivity contribution in [2.75, 3.05) is 6.61 Å². The van der Waals surface area contributed by atoms with Gasteiger partial charge >= 0.3 is 18.0 Å². The van der Waals surface area contributed by atoms with Crippen LogP contribution in [-0.2, 0) is 25.5 Å². The molecule has 3 saturated carbocycles. The molecule has 7 rings (SSSR count). The standard InChI is InChI=1S/C32H31NO6/c1-20(33-30(37)38-16-26-24-13-7-5-11-22(24)23-12-6-8-14-25(23)26)31-17-32(18-31,19-31)29(36)39-27(28(34)35)15-21-9-3-2-4-10-21/h2-14,20,26-27H,15-19H2,1H3,(H,33,37)(H,34,35)/t20-,27?,31?,32?/m1/s1. The number of rotatable bonds is 9. The molecule has 0 aliphatic heterocycles. The van der Waals surface area contributed by atoms with E-state index >= 15 is 0 Å². The van der Waals surface area contributed by atoms with Crippen LogP contribution >= 0.6 is 0 Å². The topological polar surface area (TPSA) is 102 Å². The van der Waals surface area contributed by atoms with Gasteiger partial charge in [-0.15, -0.1) is 0 Å². The van der Waals surface area contributed by atoms with Crippen molar-refractivity contribution >= 4 is 18.0 Å². The van der Waals surface area contributed by atoms with Gasteiger partial charge in [0.15, 0.2) is 0 Å². The van der Waals surface area contributed by atoms with Crippen LogP contribution in [0, 0.1) is 10.8 Å². The predicted molar refractivity (Wildman–Crippen MR) is 144 cm³/mol. The molecule has 2 bridgehead atoms.